The first-order valence-electron chi connectivity index (χ1n) is 5.61. The predicted octanol–water partition coefficient (Wildman–Crippen LogP) is 1.42. The molecule has 0 bridgehead atoms. The minimum absolute atomic E-state index is 0.403. The molecule has 0 fully saturated rings. The molecule has 1 N–H and O–H groups in total. The number of alkyl halides is 2. The Morgan fingerprint density at radius 2 is 1.95 bits per heavy atom. The maximum absolute atomic E-state index is 12.4. The third-order valence-corrected chi connectivity index (χ3v) is 4.10. The molecular formula is C11H12F2N4O2S. The van der Waals surface area contributed by atoms with E-state index in [1.165, 1.54) is 12.1 Å². The molecule has 6 nitrogen and oxygen atoms in total. The van der Waals surface area contributed by atoms with Gasteiger partial charge in [-0.1, -0.05) is 5.21 Å². The minimum Gasteiger partial charge on any atom is -0.379 e. The van der Waals surface area contributed by atoms with Crippen LogP contribution in [0.4, 0.5) is 14.5 Å². The van der Waals surface area contributed by atoms with Gasteiger partial charge in [-0.2, -0.15) is 8.78 Å². The average molecular weight is 302 g/mol. The van der Waals surface area contributed by atoms with Crippen molar-refractivity contribution in [1.29, 1.82) is 0 Å². The Kier molecular flexibility index (Phi) is 3.98. The van der Waals surface area contributed by atoms with Gasteiger partial charge in [-0.25, -0.2) is 8.42 Å². The first-order valence-corrected chi connectivity index (χ1v) is 7.15. The van der Waals surface area contributed by atoms with Gasteiger partial charge in [0.1, 0.15) is 0 Å². The largest absolute Gasteiger partial charge is 0.379 e. The van der Waals surface area contributed by atoms with Crippen molar-refractivity contribution in [2.24, 2.45) is 7.05 Å². The van der Waals surface area contributed by atoms with Gasteiger partial charge in [0.15, 0.2) is 0 Å². The lowest BCUT2D eigenvalue weighted by Crippen LogP contribution is -2.11. The Morgan fingerprint density at radius 3 is 2.45 bits per heavy atom. The van der Waals surface area contributed by atoms with Gasteiger partial charge in [0.05, 0.1) is 23.3 Å². The summed E-state index contributed by atoms with van der Waals surface area (Å²) < 4.78 is 48.8. The van der Waals surface area contributed by atoms with Crippen molar-refractivity contribution < 1.29 is 17.2 Å². The monoisotopic (exact) mass is 302 g/mol. The summed E-state index contributed by atoms with van der Waals surface area (Å²) in [5.74, 6) is -3.41. The van der Waals surface area contributed by atoms with E-state index in [0.29, 0.717) is 12.2 Å². The maximum Gasteiger partial charge on any atom is 0.341 e. The van der Waals surface area contributed by atoms with Crippen molar-refractivity contribution in [3.05, 3.63) is 36.2 Å². The van der Waals surface area contributed by atoms with Gasteiger partial charge in [-0.3, -0.25) is 4.68 Å². The third-order valence-electron chi connectivity index (χ3n) is 2.70. The fraction of sp³-hybridized carbons (Fsp3) is 0.273. The Labute approximate surface area is 114 Å². The van der Waals surface area contributed by atoms with Crippen molar-refractivity contribution in [3.8, 4) is 0 Å². The van der Waals surface area contributed by atoms with Crippen molar-refractivity contribution >= 4 is 15.5 Å². The zero-order chi connectivity index (χ0) is 14.8. The molecule has 0 spiro atoms. The van der Waals surface area contributed by atoms with E-state index in [4.69, 9.17) is 0 Å². The smallest absolute Gasteiger partial charge is 0.341 e. The normalized spacial score (nSPS) is 11.8. The average Bonchev–Trinajstić information content (AvgIpc) is 2.82. The number of sulfone groups is 1. The molecule has 0 unspecified atom stereocenters. The molecule has 1 aromatic carbocycles. The Morgan fingerprint density at radius 1 is 1.30 bits per heavy atom. The SMILES string of the molecule is Cn1nncc1CNc1ccc(S(=O)(=O)C(F)F)cc1. The van der Waals surface area contributed by atoms with Crippen molar-refractivity contribution in [1.82, 2.24) is 15.0 Å². The fourth-order valence-corrected chi connectivity index (χ4v) is 2.25. The number of anilines is 1. The van der Waals surface area contributed by atoms with Crippen molar-refractivity contribution in [2.45, 2.75) is 17.2 Å². The number of halogens is 2. The van der Waals surface area contributed by atoms with E-state index in [1.54, 1.807) is 17.9 Å². The molecule has 0 radical (unpaired) electrons. The lowest BCUT2D eigenvalue weighted by atomic mass is 10.3. The van der Waals surface area contributed by atoms with Crippen LogP contribution in [0.1, 0.15) is 5.69 Å². The fourth-order valence-electron chi connectivity index (χ4n) is 1.53. The second kappa shape index (κ2) is 5.53. The van der Waals surface area contributed by atoms with Gasteiger partial charge in [0.2, 0.25) is 9.84 Å². The van der Waals surface area contributed by atoms with Gasteiger partial charge in [0, 0.05) is 12.7 Å². The van der Waals surface area contributed by atoms with Gasteiger partial charge >= 0.3 is 5.76 Å². The number of rotatable bonds is 5. The molecule has 0 aliphatic rings. The highest BCUT2D eigenvalue weighted by molar-refractivity contribution is 7.91. The number of aromatic nitrogens is 3. The lowest BCUT2D eigenvalue weighted by Gasteiger charge is -2.07. The van der Waals surface area contributed by atoms with Crippen LogP contribution in [0.25, 0.3) is 0 Å². The van der Waals surface area contributed by atoms with E-state index in [0.717, 1.165) is 17.8 Å². The van der Waals surface area contributed by atoms with E-state index < -0.39 is 20.5 Å². The molecule has 2 aromatic rings. The van der Waals surface area contributed by atoms with Gasteiger partial charge in [-0.15, -0.1) is 5.10 Å². The topological polar surface area (TPSA) is 76.9 Å². The highest BCUT2D eigenvalue weighted by Gasteiger charge is 2.26. The van der Waals surface area contributed by atoms with E-state index >= 15 is 0 Å². The summed E-state index contributed by atoms with van der Waals surface area (Å²) in [4.78, 5) is -0.403. The molecule has 1 heterocycles. The second-order valence-electron chi connectivity index (χ2n) is 4.03. The molecule has 108 valence electrons. The molecule has 2 rings (SSSR count). The third kappa shape index (κ3) is 2.93. The van der Waals surface area contributed by atoms with Gasteiger partial charge in [0.25, 0.3) is 0 Å². The van der Waals surface area contributed by atoms with Crippen LogP contribution in [0.3, 0.4) is 0 Å². The van der Waals surface area contributed by atoms with Crippen LogP contribution in [-0.4, -0.2) is 29.2 Å². The van der Waals surface area contributed by atoms with Crippen LogP contribution in [-0.2, 0) is 23.4 Å². The lowest BCUT2D eigenvalue weighted by molar-refractivity contribution is 0.234. The molecule has 0 saturated heterocycles. The van der Waals surface area contributed by atoms with Crippen LogP contribution in [0.5, 0.6) is 0 Å². The first kappa shape index (κ1) is 14.4. The predicted molar refractivity (Wildman–Crippen MR) is 68.0 cm³/mol. The Hall–Kier alpha value is -2.03. The van der Waals surface area contributed by atoms with Crippen molar-refractivity contribution in [3.63, 3.8) is 0 Å². The summed E-state index contributed by atoms with van der Waals surface area (Å²) in [5, 5.41) is 10.5. The molecule has 20 heavy (non-hydrogen) atoms. The molecule has 0 saturated carbocycles. The molecule has 0 aliphatic carbocycles. The first-order chi connectivity index (χ1) is 9.41. The molecule has 0 atom stereocenters. The summed E-state index contributed by atoms with van der Waals surface area (Å²) in [6, 6.07) is 5.15. The molecular weight excluding hydrogens is 290 g/mol. The summed E-state index contributed by atoms with van der Waals surface area (Å²) >= 11 is 0. The minimum atomic E-state index is -4.54. The molecule has 0 aliphatic heterocycles. The quantitative estimate of drug-likeness (QED) is 0.904. The van der Waals surface area contributed by atoms with Crippen LogP contribution >= 0.6 is 0 Å². The number of nitrogens with zero attached hydrogens (tertiary/aromatic N) is 3. The van der Waals surface area contributed by atoms with E-state index in [1.807, 2.05) is 0 Å². The van der Waals surface area contributed by atoms with Crippen LogP contribution in [0.2, 0.25) is 0 Å². The summed E-state index contributed by atoms with van der Waals surface area (Å²) in [5.41, 5.74) is 1.44. The van der Waals surface area contributed by atoms with E-state index in [2.05, 4.69) is 15.6 Å². The Balaban J connectivity index is 2.08. The Bertz CT molecular complexity index is 683. The number of hydrogen-bond acceptors (Lipinski definition) is 5. The second-order valence-corrected chi connectivity index (χ2v) is 5.95. The molecule has 0 amide bonds. The summed E-state index contributed by atoms with van der Waals surface area (Å²) in [6.07, 6.45) is 1.59. The van der Waals surface area contributed by atoms with Gasteiger partial charge < -0.3 is 5.32 Å². The number of benzene rings is 1. The standard InChI is InChI=1S/C11H12F2N4O2S/c1-17-9(7-15-16-17)6-14-8-2-4-10(5-3-8)20(18,19)11(12)13/h2-5,7,11,14H,6H2,1H3. The highest BCUT2D eigenvalue weighted by Crippen LogP contribution is 2.20. The highest BCUT2D eigenvalue weighted by atomic mass is 32.2. The maximum atomic E-state index is 12.4. The number of hydrogen-bond donors (Lipinski definition) is 1. The van der Waals surface area contributed by atoms with Crippen molar-refractivity contribution in [2.75, 3.05) is 5.32 Å². The zero-order valence-corrected chi connectivity index (χ0v) is 11.3. The number of aryl methyl sites for hydroxylation is 1. The molecule has 1 aromatic heterocycles. The summed E-state index contributed by atoms with van der Waals surface area (Å²) in [6.45, 7) is 0.435. The van der Waals surface area contributed by atoms with E-state index in [-0.39, 0.29) is 0 Å². The summed E-state index contributed by atoms with van der Waals surface area (Å²) in [7, 11) is -2.81. The van der Waals surface area contributed by atoms with E-state index in [9.17, 15) is 17.2 Å². The van der Waals surface area contributed by atoms with Gasteiger partial charge in [-0.05, 0) is 24.3 Å². The molecule has 9 heteroatoms. The zero-order valence-electron chi connectivity index (χ0n) is 10.5. The van der Waals surface area contributed by atoms with Crippen LogP contribution < -0.4 is 5.32 Å². The van der Waals surface area contributed by atoms with Crippen LogP contribution in [0.15, 0.2) is 35.4 Å². The van der Waals surface area contributed by atoms with Crippen LogP contribution in [0, 0.1) is 0 Å². The number of nitrogens with one attached hydrogen (secondary N) is 1.